The highest BCUT2D eigenvalue weighted by Gasteiger charge is 2.22. The van der Waals surface area contributed by atoms with Gasteiger partial charge in [0.1, 0.15) is 18.5 Å². The van der Waals surface area contributed by atoms with Crippen molar-refractivity contribution in [3.05, 3.63) is 116 Å². The van der Waals surface area contributed by atoms with Crippen LogP contribution in [-0.4, -0.2) is 37.2 Å². The molecule has 5 aromatic rings. The van der Waals surface area contributed by atoms with Crippen LogP contribution in [0, 0.1) is 0 Å². The van der Waals surface area contributed by atoms with E-state index in [1.165, 1.54) is 12.7 Å². The van der Waals surface area contributed by atoms with E-state index in [1.54, 1.807) is 34.9 Å². The third kappa shape index (κ3) is 4.70. The normalized spacial score (nSPS) is 12.0. The lowest BCUT2D eigenvalue weighted by atomic mass is 9.97. The molecule has 2 aromatic heterocycles. The fourth-order valence-corrected chi connectivity index (χ4v) is 4.59. The van der Waals surface area contributed by atoms with E-state index in [1.807, 2.05) is 30.3 Å². The van der Waals surface area contributed by atoms with Gasteiger partial charge in [-0.3, -0.25) is 14.2 Å². The molecule has 2 N–H and O–H groups in total. The summed E-state index contributed by atoms with van der Waals surface area (Å²) < 4.78 is 1.68. The first-order chi connectivity index (χ1) is 17.4. The zero-order chi connectivity index (χ0) is 25.2. The number of hydrogen-bond acceptors (Lipinski definition) is 5. The van der Waals surface area contributed by atoms with Gasteiger partial charge in [-0.15, -0.1) is 10.2 Å². The first-order valence-corrected chi connectivity index (χ1v) is 11.9. The molecule has 36 heavy (non-hydrogen) atoms. The number of benzene rings is 3. The van der Waals surface area contributed by atoms with E-state index in [0.717, 1.165) is 11.3 Å². The number of nitrogens with zero attached hydrogens (tertiary/aromatic N) is 4. The minimum atomic E-state index is -0.475. The van der Waals surface area contributed by atoms with Gasteiger partial charge in [0.25, 0.3) is 11.5 Å². The number of nitrogens with one attached hydrogen (secondary N) is 2. The lowest BCUT2D eigenvalue weighted by molar-refractivity contribution is 0.0952. The van der Waals surface area contributed by atoms with Gasteiger partial charge in [-0.2, -0.15) is 0 Å². The SMILES string of the molecule is O=C(NCC(c1ccccc1)c1nc2c(Cl)ccc(Cl)c2c(=O)[nH]1)c1ccc(-n2cnnc2)cc1Cl. The van der Waals surface area contributed by atoms with Crippen molar-refractivity contribution in [3.8, 4) is 5.69 Å². The standard InChI is InChI=1S/C25H17Cl3N6O2/c26-18-8-9-19(27)22-21(18)25(36)33-23(32-22)17(14-4-2-1-3-5-14)11-29-24(35)16-7-6-15(10-20(16)28)34-12-30-31-13-34/h1-10,12-13,17H,11H2,(H,29,35)(H,32,33,36). The molecule has 8 nitrogen and oxygen atoms in total. The van der Waals surface area contributed by atoms with Crippen LogP contribution in [0.5, 0.6) is 0 Å². The number of aromatic amines is 1. The van der Waals surface area contributed by atoms with Gasteiger partial charge in [-0.25, -0.2) is 4.98 Å². The average Bonchev–Trinajstić information content (AvgIpc) is 3.42. The lowest BCUT2D eigenvalue weighted by Crippen LogP contribution is -2.31. The predicted molar refractivity (Wildman–Crippen MR) is 139 cm³/mol. The van der Waals surface area contributed by atoms with Gasteiger partial charge < -0.3 is 10.3 Å². The van der Waals surface area contributed by atoms with Crippen LogP contribution in [0.2, 0.25) is 15.1 Å². The van der Waals surface area contributed by atoms with Crippen molar-refractivity contribution in [3.63, 3.8) is 0 Å². The Morgan fingerprint density at radius 3 is 2.39 bits per heavy atom. The number of hydrogen-bond donors (Lipinski definition) is 2. The molecular formula is C25H17Cl3N6O2. The molecule has 0 aliphatic heterocycles. The number of rotatable bonds is 6. The van der Waals surface area contributed by atoms with E-state index in [-0.39, 0.29) is 27.9 Å². The van der Waals surface area contributed by atoms with Gasteiger partial charge >= 0.3 is 0 Å². The second-order valence-electron chi connectivity index (χ2n) is 7.91. The number of fused-ring (bicyclic) bond motifs is 1. The molecule has 5 rings (SSSR count). The predicted octanol–water partition coefficient (Wildman–Crippen LogP) is 5.03. The highest BCUT2D eigenvalue weighted by molar-refractivity contribution is 6.39. The summed E-state index contributed by atoms with van der Waals surface area (Å²) in [5, 5.41) is 11.5. The molecule has 3 aromatic carbocycles. The van der Waals surface area contributed by atoms with Gasteiger partial charge in [0.2, 0.25) is 0 Å². The highest BCUT2D eigenvalue weighted by atomic mass is 35.5. The van der Waals surface area contributed by atoms with Gasteiger partial charge in [0.15, 0.2) is 0 Å². The number of carbonyl (C=O) groups excluding carboxylic acids is 1. The van der Waals surface area contributed by atoms with E-state index >= 15 is 0 Å². The number of halogens is 3. The molecular weight excluding hydrogens is 523 g/mol. The van der Waals surface area contributed by atoms with Crippen LogP contribution >= 0.6 is 34.8 Å². The van der Waals surface area contributed by atoms with Gasteiger partial charge in [0, 0.05) is 12.2 Å². The summed E-state index contributed by atoms with van der Waals surface area (Å²) in [4.78, 5) is 33.4. The van der Waals surface area contributed by atoms with E-state index in [9.17, 15) is 9.59 Å². The molecule has 0 saturated heterocycles. The molecule has 0 spiro atoms. The number of amides is 1. The highest BCUT2D eigenvalue weighted by Crippen LogP contribution is 2.28. The van der Waals surface area contributed by atoms with Crippen molar-refractivity contribution in [2.45, 2.75) is 5.92 Å². The Balaban J connectivity index is 1.47. The van der Waals surface area contributed by atoms with Crippen molar-refractivity contribution in [2.75, 3.05) is 6.54 Å². The molecule has 1 unspecified atom stereocenters. The molecule has 1 amide bonds. The smallest absolute Gasteiger partial charge is 0.260 e. The number of H-pyrrole nitrogens is 1. The Hall–Kier alpha value is -3.72. The molecule has 0 aliphatic rings. The number of carbonyl (C=O) groups is 1. The summed E-state index contributed by atoms with van der Waals surface area (Å²) in [6.45, 7) is 0.138. The maximum absolute atomic E-state index is 13.1. The topological polar surface area (TPSA) is 106 Å². The fraction of sp³-hybridized carbons (Fsp3) is 0.0800. The van der Waals surface area contributed by atoms with Crippen LogP contribution in [0.4, 0.5) is 0 Å². The largest absolute Gasteiger partial charge is 0.351 e. The van der Waals surface area contributed by atoms with Crippen LogP contribution in [0.25, 0.3) is 16.6 Å². The Bertz CT molecular complexity index is 1620. The molecule has 1 atom stereocenters. The van der Waals surface area contributed by atoms with Crippen molar-refractivity contribution in [2.24, 2.45) is 0 Å². The third-order valence-electron chi connectivity index (χ3n) is 5.69. The summed E-state index contributed by atoms with van der Waals surface area (Å²) in [5.41, 5.74) is 1.74. The summed E-state index contributed by atoms with van der Waals surface area (Å²) in [7, 11) is 0. The van der Waals surface area contributed by atoms with Crippen molar-refractivity contribution in [1.29, 1.82) is 0 Å². The quantitative estimate of drug-likeness (QED) is 0.315. The molecule has 0 radical (unpaired) electrons. The van der Waals surface area contributed by atoms with E-state index in [2.05, 4.69) is 25.5 Å². The zero-order valence-electron chi connectivity index (χ0n) is 18.5. The summed E-state index contributed by atoms with van der Waals surface area (Å²) in [6.07, 6.45) is 3.07. The lowest BCUT2D eigenvalue weighted by Gasteiger charge is -2.19. The molecule has 0 aliphatic carbocycles. The Morgan fingerprint density at radius 2 is 1.67 bits per heavy atom. The molecule has 0 saturated carbocycles. The average molecular weight is 540 g/mol. The summed E-state index contributed by atoms with van der Waals surface area (Å²) in [5.74, 6) is -0.505. The van der Waals surface area contributed by atoms with Crippen LogP contribution in [0.15, 0.2) is 78.1 Å². The number of aromatic nitrogens is 5. The van der Waals surface area contributed by atoms with E-state index in [4.69, 9.17) is 34.8 Å². The van der Waals surface area contributed by atoms with Crippen molar-refractivity contribution < 1.29 is 4.79 Å². The Kier molecular flexibility index (Phi) is 6.73. The van der Waals surface area contributed by atoms with E-state index in [0.29, 0.717) is 21.9 Å². The first-order valence-electron chi connectivity index (χ1n) is 10.8. The third-order valence-corrected chi connectivity index (χ3v) is 6.62. The first kappa shape index (κ1) is 24.0. The molecule has 180 valence electrons. The molecule has 11 heteroatoms. The molecule has 0 bridgehead atoms. The minimum absolute atomic E-state index is 0.138. The maximum atomic E-state index is 13.1. The van der Waals surface area contributed by atoms with Crippen molar-refractivity contribution >= 4 is 51.6 Å². The van der Waals surface area contributed by atoms with Crippen LogP contribution in [-0.2, 0) is 0 Å². The Labute approximate surface area is 219 Å². The Morgan fingerprint density at radius 1 is 0.944 bits per heavy atom. The van der Waals surface area contributed by atoms with Gasteiger partial charge in [-0.05, 0) is 35.9 Å². The minimum Gasteiger partial charge on any atom is -0.351 e. The molecule has 0 fully saturated rings. The van der Waals surface area contributed by atoms with Crippen LogP contribution in [0.3, 0.4) is 0 Å². The maximum Gasteiger partial charge on any atom is 0.260 e. The van der Waals surface area contributed by atoms with Gasteiger partial charge in [0.05, 0.1) is 37.5 Å². The van der Waals surface area contributed by atoms with Crippen LogP contribution < -0.4 is 10.9 Å². The van der Waals surface area contributed by atoms with E-state index < -0.39 is 11.5 Å². The second kappa shape index (κ2) is 10.1. The zero-order valence-corrected chi connectivity index (χ0v) is 20.7. The second-order valence-corrected chi connectivity index (χ2v) is 9.13. The molecule has 2 heterocycles. The van der Waals surface area contributed by atoms with Crippen LogP contribution in [0.1, 0.15) is 27.7 Å². The van der Waals surface area contributed by atoms with Gasteiger partial charge in [-0.1, -0.05) is 65.1 Å². The fourth-order valence-electron chi connectivity index (χ4n) is 3.89. The summed E-state index contributed by atoms with van der Waals surface area (Å²) >= 11 is 19.0. The monoisotopic (exact) mass is 538 g/mol. The van der Waals surface area contributed by atoms with Crippen molar-refractivity contribution in [1.82, 2.24) is 30.0 Å². The summed E-state index contributed by atoms with van der Waals surface area (Å²) in [6, 6.07) is 17.6.